The number of aromatic nitrogens is 3. The Balaban J connectivity index is 1.07. The average molecular weight is 730 g/mol. The molecule has 0 amide bonds. The third kappa shape index (κ3) is 6.60. The van der Waals surface area contributed by atoms with Crippen molar-refractivity contribution in [3.8, 4) is 17.1 Å². The number of hydrogen-bond acceptors (Lipinski definition) is 1. The van der Waals surface area contributed by atoms with E-state index >= 15 is 0 Å². The molecule has 2 heterocycles. The molecule has 0 aliphatic carbocycles. The van der Waals surface area contributed by atoms with E-state index in [1.165, 1.54) is 93.0 Å². The van der Waals surface area contributed by atoms with Crippen LogP contribution in [0.4, 0.5) is 0 Å². The van der Waals surface area contributed by atoms with Gasteiger partial charge in [-0.1, -0.05) is 181 Å². The SMILES string of the molecule is CCCCCCCCn1c2ccccc2c2cc(/C=C/c3ccc(-c4nc5c6ccccc6c6ccccc6c5n4-c4ccc(C(C)(C)C)cc4)cc3)ccc21. The third-order valence-corrected chi connectivity index (χ3v) is 11.7. The van der Waals surface area contributed by atoms with Crippen LogP contribution in [-0.4, -0.2) is 14.1 Å². The van der Waals surface area contributed by atoms with E-state index in [-0.39, 0.29) is 5.41 Å². The molecule has 0 fully saturated rings. The van der Waals surface area contributed by atoms with E-state index in [4.69, 9.17) is 4.98 Å². The van der Waals surface area contributed by atoms with Crippen LogP contribution in [0.15, 0.2) is 140 Å². The lowest BCUT2D eigenvalue weighted by Gasteiger charge is -2.20. The highest BCUT2D eigenvalue weighted by Crippen LogP contribution is 2.39. The van der Waals surface area contributed by atoms with Gasteiger partial charge in [0.2, 0.25) is 0 Å². The normalized spacial score (nSPS) is 12.4. The first-order chi connectivity index (χ1) is 27.4. The van der Waals surface area contributed by atoms with Crippen molar-refractivity contribution in [1.29, 1.82) is 0 Å². The highest BCUT2D eigenvalue weighted by molar-refractivity contribution is 6.24. The van der Waals surface area contributed by atoms with Crippen LogP contribution in [0.5, 0.6) is 0 Å². The number of rotatable bonds is 11. The van der Waals surface area contributed by atoms with E-state index in [2.05, 4.69) is 189 Å². The Kier molecular flexibility index (Phi) is 9.55. The molecule has 0 aliphatic rings. The predicted molar refractivity (Wildman–Crippen MR) is 242 cm³/mol. The lowest BCUT2D eigenvalue weighted by atomic mass is 9.87. The van der Waals surface area contributed by atoms with Crippen LogP contribution in [0.25, 0.3) is 83.6 Å². The first-order valence-corrected chi connectivity index (χ1v) is 20.6. The Hall–Kier alpha value is -5.93. The molecule has 0 atom stereocenters. The molecule has 0 radical (unpaired) electrons. The van der Waals surface area contributed by atoms with Crippen LogP contribution in [0.1, 0.15) is 82.9 Å². The average Bonchev–Trinajstić information content (AvgIpc) is 3.78. The predicted octanol–water partition coefficient (Wildman–Crippen LogP) is 14.9. The van der Waals surface area contributed by atoms with E-state index in [1.54, 1.807) is 0 Å². The Morgan fingerprint density at radius 3 is 1.86 bits per heavy atom. The number of nitrogens with zero attached hydrogens (tertiary/aromatic N) is 3. The molecule has 0 saturated heterocycles. The molecule has 278 valence electrons. The van der Waals surface area contributed by atoms with Crippen molar-refractivity contribution in [2.75, 3.05) is 0 Å². The van der Waals surface area contributed by atoms with Gasteiger partial charge < -0.3 is 4.57 Å². The number of aryl methyl sites for hydroxylation is 1. The summed E-state index contributed by atoms with van der Waals surface area (Å²) in [7, 11) is 0. The fraction of sp³-hybridized carbons (Fsp3) is 0.226. The molecule has 3 nitrogen and oxygen atoms in total. The summed E-state index contributed by atoms with van der Waals surface area (Å²) >= 11 is 0. The van der Waals surface area contributed by atoms with Gasteiger partial charge in [0.05, 0.1) is 11.0 Å². The van der Waals surface area contributed by atoms with Crippen LogP contribution >= 0.6 is 0 Å². The number of fused-ring (bicyclic) bond motifs is 9. The lowest BCUT2D eigenvalue weighted by Crippen LogP contribution is -2.11. The first-order valence-electron chi connectivity index (χ1n) is 20.6. The monoisotopic (exact) mass is 729 g/mol. The number of unbranched alkanes of at least 4 members (excludes halogenated alkanes) is 5. The zero-order valence-electron chi connectivity index (χ0n) is 33.2. The fourth-order valence-corrected chi connectivity index (χ4v) is 8.66. The van der Waals surface area contributed by atoms with Gasteiger partial charge in [-0.15, -0.1) is 0 Å². The fourth-order valence-electron chi connectivity index (χ4n) is 8.66. The maximum absolute atomic E-state index is 5.47. The zero-order valence-corrected chi connectivity index (χ0v) is 33.2. The minimum Gasteiger partial charge on any atom is -0.340 e. The molecule has 0 saturated carbocycles. The van der Waals surface area contributed by atoms with Crippen molar-refractivity contribution < 1.29 is 0 Å². The van der Waals surface area contributed by atoms with Crippen molar-refractivity contribution in [3.05, 3.63) is 156 Å². The van der Waals surface area contributed by atoms with Gasteiger partial charge in [0.25, 0.3) is 0 Å². The second-order valence-corrected chi connectivity index (χ2v) is 16.5. The van der Waals surface area contributed by atoms with Crippen LogP contribution < -0.4 is 0 Å². The maximum atomic E-state index is 5.47. The van der Waals surface area contributed by atoms with E-state index in [9.17, 15) is 0 Å². The van der Waals surface area contributed by atoms with Crippen LogP contribution in [-0.2, 0) is 12.0 Å². The van der Waals surface area contributed by atoms with E-state index in [1.807, 2.05) is 0 Å². The number of benzene rings is 7. The molecular formula is C53H51N3. The van der Waals surface area contributed by atoms with Gasteiger partial charge in [0, 0.05) is 50.4 Å². The van der Waals surface area contributed by atoms with Crippen molar-refractivity contribution in [2.24, 2.45) is 0 Å². The topological polar surface area (TPSA) is 22.8 Å². The van der Waals surface area contributed by atoms with E-state index < -0.39 is 0 Å². The Bertz CT molecular complexity index is 2860. The number of hydrogen-bond donors (Lipinski definition) is 0. The van der Waals surface area contributed by atoms with Gasteiger partial charge in [0.1, 0.15) is 5.82 Å². The van der Waals surface area contributed by atoms with Crippen LogP contribution in [0, 0.1) is 0 Å². The summed E-state index contributed by atoms with van der Waals surface area (Å²) in [6.07, 6.45) is 12.3. The second-order valence-electron chi connectivity index (χ2n) is 16.5. The van der Waals surface area contributed by atoms with Crippen molar-refractivity contribution in [3.63, 3.8) is 0 Å². The Morgan fingerprint density at radius 1 is 0.536 bits per heavy atom. The van der Waals surface area contributed by atoms with E-state index in [0.717, 1.165) is 40.2 Å². The largest absolute Gasteiger partial charge is 0.340 e. The molecule has 0 unspecified atom stereocenters. The second kappa shape index (κ2) is 15.0. The standard InChI is InChI=1S/C53H51N3/c1-5-6-7-8-9-16-35-55-48-22-15-14-19-44(48)47-36-38(27-34-49(47)55)24-23-37-25-28-39(29-26-37)52-54-50-45-20-12-10-17-42(45)43-18-11-13-21-46(43)51(50)56(52)41-32-30-40(31-33-41)53(2,3)4/h10-15,17-34,36H,5-9,16,35H2,1-4H3/b24-23+. The van der Waals surface area contributed by atoms with Gasteiger partial charge in [-0.3, -0.25) is 4.57 Å². The summed E-state index contributed by atoms with van der Waals surface area (Å²) in [4.78, 5) is 5.47. The minimum atomic E-state index is 0.0719. The van der Waals surface area contributed by atoms with Gasteiger partial charge in [-0.25, -0.2) is 4.98 Å². The Morgan fingerprint density at radius 2 is 1.12 bits per heavy atom. The molecule has 0 aliphatic heterocycles. The van der Waals surface area contributed by atoms with Gasteiger partial charge in [-0.2, -0.15) is 0 Å². The summed E-state index contributed by atoms with van der Waals surface area (Å²) in [5, 5.41) is 7.53. The maximum Gasteiger partial charge on any atom is 0.145 e. The molecule has 0 N–H and O–H groups in total. The summed E-state index contributed by atoms with van der Waals surface area (Å²) in [6, 6.07) is 51.3. The van der Waals surface area contributed by atoms with Gasteiger partial charge >= 0.3 is 0 Å². The molecule has 9 rings (SSSR count). The van der Waals surface area contributed by atoms with Crippen molar-refractivity contribution in [1.82, 2.24) is 14.1 Å². The summed E-state index contributed by atoms with van der Waals surface area (Å²) in [6.45, 7) is 10.2. The molecular weight excluding hydrogens is 679 g/mol. The molecule has 7 aromatic carbocycles. The first kappa shape index (κ1) is 35.8. The van der Waals surface area contributed by atoms with Crippen LogP contribution in [0.2, 0.25) is 0 Å². The van der Waals surface area contributed by atoms with E-state index in [0.29, 0.717) is 0 Å². The molecule has 2 aromatic heterocycles. The molecule has 3 heteroatoms. The highest BCUT2D eigenvalue weighted by atomic mass is 15.1. The summed E-state index contributed by atoms with van der Waals surface area (Å²) < 4.78 is 4.91. The molecule has 9 aromatic rings. The molecule has 0 bridgehead atoms. The zero-order chi connectivity index (χ0) is 38.2. The van der Waals surface area contributed by atoms with Crippen molar-refractivity contribution >= 4 is 66.5 Å². The Labute approximate surface area is 330 Å². The van der Waals surface area contributed by atoms with Crippen molar-refractivity contribution in [2.45, 2.75) is 78.2 Å². The van der Waals surface area contributed by atoms with Gasteiger partial charge in [0.15, 0.2) is 0 Å². The molecule has 56 heavy (non-hydrogen) atoms. The smallest absolute Gasteiger partial charge is 0.145 e. The number of imidazole rings is 1. The molecule has 0 spiro atoms. The minimum absolute atomic E-state index is 0.0719. The summed E-state index contributed by atoms with van der Waals surface area (Å²) in [5.41, 5.74) is 10.8. The quantitative estimate of drug-likeness (QED) is 0.0738. The lowest BCUT2D eigenvalue weighted by molar-refractivity contribution is 0.571. The summed E-state index contributed by atoms with van der Waals surface area (Å²) in [5.74, 6) is 0.948. The number of para-hydroxylation sites is 1. The van der Waals surface area contributed by atoms with Gasteiger partial charge in [-0.05, 0) is 69.6 Å². The third-order valence-electron chi connectivity index (χ3n) is 11.7. The van der Waals surface area contributed by atoms with Crippen LogP contribution in [0.3, 0.4) is 0 Å². The highest BCUT2D eigenvalue weighted by Gasteiger charge is 2.21.